The highest BCUT2D eigenvalue weighted by Crippen LogP contribution is 2.14. The van der Waals surface area contributed by atoms with E-state index in [1.807, 2.05) is 0 Å². The summed E-state index contributed by atoms with van der Waals surface area (Å²) >= 11 is 0. The lowest BCUT2D eigenvalue weighted by molar-refractivity contribution is -0.142. The molecule has 0 aliphatic heterocycles. The first-order chi connectivity index (χ1) is 23.4. The van der Waals surface area contributed by atoms with Gasteiger partial charge in [0.1, 0.15) is 35.7 Å². The van der Waals surface area contributed by atoms with E-state index in [2.05, 4.69) is 16.0 Å². The summed E-state index contributed by atoms with van der Waals surface area (Å²) in [5, 5.41) is 46.7. The molecule has 14 heteroatoms. The third-order valence-corrected chi connectivity index (χ3v) is 7.62. The van der Waals surface area contributed by atoms with Gasteiger partial charge in [-0.15, -0.1) is 0 Å². The number of rotatable bonds is 15. The molecule has 0 aliphatic carbocycles. The van der Waals surface area contributed by atoms with Gasteiger partial charge in [-0.05, 0) is 41.0 Å². The molecule has 256 valence electrons. The second kappa shape index (κ2) is 16.6. The lowest BCUT2D eigenvalue weighted by atomic mass is 10.0. The molecule has 4 aromatic rings. The fraction of sp³-hybridized carbons (Fsp3) is 0.229. The van der Waals surface area contributed by atoms with Gasteiger partial charge in [0, 0.05) is 44.3 Å². The van der Waals surface area contributed by atoms with Crippen LogP contribution in [0.4, 0.5) is 0 Å². The maximum atomic E-state index is 13.8. The minimum atomic E-state index is -1.39. The number of carboxylic acids is 1. The molecular weight excluding hydrogens is 634 g/mol. The molecular formula is C35H37N5O9. The van der Waals surface area contributed by atoms with E-state index >= 15 is 0 Å². The average Bonchev–Trinajstić information content (AvgIpc) is 3.07. The Morgan fingerprint density at radius 3 is 1.57 bits per heavy atom. The summed E-state index contributed by atoms with van der Waals surface area (Å²) in [6.45, 7) is -0.136. The van der Waals surface area contributed by atoms with E-state index < -0.39 is 59.0 Å². The first-order valence-corrected chi connectivity index (χ1v) is 15.3. The highest BCUT2D eigenvalue weighted by molar-refractivity contribution is 5.94. The molecule has 9 N–H and O–H groups in total. The molecule has 3 aromatic carbocycles. The fourth-order valence-electron chi connectivity index (χ4n) is 4.96. The van der Waals surface area contributed by atoms with E-state index in [4.69, 9.17) is 5.73 Å². The molecule has 0 saturated carbocycles. The van der Waals surface area contributed by atoms with Crippen molar-refractivity contribution in [2.75, 3.05) is 0 Å². The zero-order valence-corrected chi connectivity index (χ0v) is 26.2. The summed E-state index contributed by atoms with van der Waals surface area (Å²) in [5.74, 6) is -4.17. The first-order valence-electron chi connectivity index (χ1n) is 15.3. The van der Waals surface area contributed by atoms with Crippen molar-refractivity contribution in [2.24, 2.45) is 5.73 Å². The average molecular weight is 672 g/mol. The SMILES string of the molecule is N[C@@H](Cn1ccc(=O)c(O)c1)C(=O)N[C@@H](Cc1ccccc1)C(=O)N[C@@H](Cc1ccc(O)cc1)C(=O)N[C@@H](Cc1ccc(O)cc1)C(=O)O. The van der Waals surface area contributed by atoms with Crippen molar-refractivity contribution in [3.05, 3.63) is 124 Å². The van der Waals surface area contributed by atoms with Gasteiger partial charge in [-0.3, -0.25) is 19.2 Å². The summed E-state index contributed by atoms with van der Waals surface area (Å²) in [5.41, 5.74) is 7.27. The van der Waals surface area contributed by atoms with Gasteiger partial charge in [0.05, 0.1) is 0 Å². The van der Waals surface area contributed by atoms with Gasteiger partial charge >= 0.3 is 5.97 Å². The fourth-order valence-corrected chi connectivity index (χ4v) is 4.96. The Balaban J connectivity index is 1.56. The number of hydrogen-bond acceptors (Lipinski definition) is 9. The van der Waals surface area contributed by atoms with Crippen LogP contribution in [0.5, 0.6) is 17.2 Å². The number of phenolic OH excluding ortho intramolecular Hbond substituents is 2. The lowest BCUT2D eigenvalue weighted by Crippen LogP contribution is -2.58. The van der Waals surface area contributed by atoms with Crippen molar-refractivity contribution < 1.29 is 39.6 Å². The number of pyridine rings is 1. The molecule has 3 amide bonds. The Hall–Kier alpha value is -6.15. The minimum Gasteiger partial charge on any atom is -0.508 e. The summed E-state index contributed by atoms with van der Waals surface area (Å²) < 4.78 is 1.35. The highest BCUT2D eigenvalue weighted by Gasteiger charge is 2.31. The Bertz CT molecular complexity index is 1810. The number of nitrogens with two attached hydrogens (primary N) is 1. The van der Waals surface area contributed by atoms with E-state index in [9.17, 15) is 44.4 Å². The first kappa shape index (κ1) is 35.7. The normalized spacial score (nSPS) is 13.3. The highest BCUT2D eigenvalue weighted by atomic mass is 16.4. The van der Waals surface area contributed by atoms with E-state index in [0.29, 0.717) is 16.7 Å². The van der Waals surface area contributed by atoms with Crippen LogP contribution in [0.2, 0.25) is 0 Å². The number of hydrogen-bond donors (Lipinski definition) is 8. The van der Waals surface area contributed by atoms with Gasteiger partial charge in [0.15, 0.2) is 5.75 Å². The molecule has 0 fully saturated rings. The van der Waals surface area contributed by atoms with E-state index in [0.717, 1.165) is 12.3 Å². The third-order valence-electron chi connectivity index (χ3n) is 7.62. The molecule has 49 heavy (non-hydrogen) atoms. The smallest absolute Gasteiger partial charge is 0.326 e. The Kier molecular flexibility index (Phi) is 12.1. The molecule has 0 aliphatic rings. The maximum absolute atomic E-state index is 13.8. The lowest BCUT2D eigenvalue weighted by Gasteiger charge is -2.26. The number of nitrogens with one attached hydrogen (secondary N) is 3. The van der Waals surface area contributed by atoms with Crippen molar-refractivity contribution in [1.29, 1.82) is 0 Å². The largest absolute Gasteiger partial charge is 0.508 e. The molecule has 1 aromatic heterocycles. The van der Waals surface area contributed by atoms with Gasteiger partial charge < -0.3 is 46.7 Å². The Morgan fingerprint density at radius 1 is 0.633 bits per heavy atom. The number of carbonyl (C=O) groups is 4. The Labute approximate surface area is 280 Å². The van der Waals surface area contributed by atoms with E-state index in [1.54, 1.807) is 42.5 Å². The molecule has 1 heterocycles. The van der Waals surface area contributed by atoms with Crippen LogP contribution in [0.3, 0.4) is 0 Å². The number of aliphatic carboxylic acids is 1. The Morgan fingerprint density at radius 2 is 1.08 bits per heavy atom. The van der Waals surface area contributed by atoms with Crippen LogP contribution in [0.15, 0.2) is 102 Å². The molecule has 0 unspecified atom stereocenters. The number of benzene rings is 3. The van der Waals surface area contributed by atoms with Gasteiger partial charge in [-0.2, -0.15) is 0 Å². The van der Waals surface area contributed by atoms with Crippen LogP contribution in [0, 0.1) is 0 Å². The molecule has 0 radical (unpaired) electrons. The van der Waals surface area contributed by atoms with Crippen molar-refractivity contribution in [3.8, 4) is 17.2 Å². The number of aromatic hydroxyl groups is 3. The quantitative estimate of drug-likeness (QED) is 0.0875. The summed E-state index contributed by atoms with van der Waals surface area (Å²) in [6.07, 6.45) is 2.28. The number of phenols is 2. The topological polar surface area (TPSA) is 233 Å². The van der Waals surface area contributed by atoms with Crippen LogP contribution >= 0.6 is 0 Å². The van der Waals surface area contributed by atoms with Crippen molar-refractivity contribution in [2.45, 2.75) is 50.0 Å². The number of nitrogens with zero attached hydrogens (tertiary/aromatic N) is 1. The van der Waals surface area contributed by atoms with Crippen molar-refractivity contribution in [1.82, 2.24) is 20.5 Å². The minimum absolute atomic E-state index is 0.00889. The number of aromatic nitrogens is 1. The zero-order chi connectivity index (χ0) is 35.5. The molecule has 14 nitrogen and oxygen atoms in total. The van der Waals surface area contributed by atoms with E-state index in [-0.39, 0.29) is 37.3 Å². The number of carboxylic acid groups (broad SMARTS) is 1. The summed E-state index contributed by atoms with van der Waals surface area (Å²) in [6, 6.07) is 16.5. The van der Waals surface area contributed by atoms with Crippen LogP contribution in [-0.4, -0.2) is 72.9 Å². The third kappa shape index (κ3) is 10.7. The standard InChI is InChI=1S/C35H37N5O9/c36-26(19-40-15-14-30(43)31(44)20-40)32(45)37-27(16-21-4-2-1-3-5-21)33(46)38-28(17-22-6-10-24(41)11-7-22)34(47)39-29(35(48)49)18-23-8-12-25(42)13-9-23/h1-15,20,26-29,41-42,44H,16-19,36H2,(H,37,45)(H,38,46)(H,39,47)(H,48,49)/t26-,27-,28-,29-/m0/s1. The molecule has 4 rings (SSSR count). The second-order valence-electron chi connectivity index (χ2n) is 11.5. The van der Waals surface area contributed by atoms with Crippen LogP contribution in [0.1, 0.15) is 16.7 Å². The molecule has 0 saturated heterocycles. The maximum Gasteiger partial charge on any atom is 0.326 e. The van der Waals surface area contributed by atoms with Crippen molar-refractivity contribution in [3.63, 3.8) is 0 Å². The van der Waals surface area contributed by atoms with Gasteiger partial charge in [0.25, 0.3) is 0 Å². The molecule has 4 atom stereocenters. The predicted molar refractivity (Wildman–Crippen MR) is 178 cm³/mol. The number of carbonyl (C=O) groups excluding carboxylic acids is 3. The van der Waals surface area contributed by atoms with Gasteiger partial charge in [0.2, 0.25) is 23.2 Å². The molecule has 0 bridgehead atoms. The zero-order valence-electron chi connectivity index (χ0n) is 26.2. The van der Waals surface area contributed by atoms with Crippen LogP contribution < -0.4 is 27.1 Å². The summed E-state index contributed by atoms with van der Waals surface area (Å²) in [7, 11) is 0. The van der Waals surface area contributed by atoms with Crippen LogP contribution in [-0.2, 0) is 45.0 Å². The van der Waals surface area contributed by atoms with Gasteiger partial charge in [-0.1, -0.05) is 54.6 Å². The van der Waals surface area contributed by atoms with Crippen LogP contribution in [0.25, 0.3) is 0 Å². The second-order valence-corrected chi connectivity index (χ2v) is 11.5. The number of amides is 3. The summed E-state index contributed by atoms with van der Waals surface area (Å²) in [4.78, 5) is 64.4. The van der Waals surface area contributed by atoms with Crippen molar-refractivity contribution >= 4 is 23.7 Å². The van der Waals surface area contributed by atoms with Gasteiger partial charge in [-0.25, -0.2) is 4.79 Å². The molecule has 0 spiro atoms. The predicted octanol–water partition coefficient (Wildman–Crippen LogP) is 0.560. The van der Waals surface area contributed by atoms with E-state index in [1.165, 1.54) is 47.2 Å². The monoisotopic (exact) mass is 671 g/mol.